The lowest BCUT2D eigenvalue weighted by Crippen LogP contribution is -2.30. The highest BCUT2D eigenvalue weighted by Crippen LogP contribution is 2.28. The number of para-hydroxylation sites is 1. The summed E-state index contributed by atoms with van der Waals surface area (Å²) >= 11 is 6.12. The molecular formula is C24H25ClN2O3S. The van der Waals surface area contributed by atoms with Gasteiger partial charge in [-0.25, -0.2) is 8.42 Å². The zero-order valence-electron chi connectivity index (χ0n) is 17.9. The summed E-state index contributed by atoms with van der Waals surface area (Å²) in [5, 5.41) is 3.45. The number of anilines is 2. The average molecular weight is 457 g/mol. The monoisotopic (exact) mass is 456 g/mol. The molecule has 0 radical (unpaired) electrons. The van der Waals surface area contributed by atoms with Crippen LogP contribution in [-0.2, 0) is 16.6 Å². The Kier molecular flexibility index (Phi) is 6.72. The molecule has 0 unspecified atom stereocenters. The Morgan fingerprint density at radius 3 is 2.10 bits per heavy atom. The summed E-state index contributed by atoms with van der Waals surface area (Å²) in [7, 11) is -3.50. The summed E-state index contributed by atoms with van der Waals surface area (Å²) in [6.45, 7) is 5.81. The van der Waals surface area contributed by atoms with Gasteiger partial charge in [0.05, 0.1) is 18.5 Å². The van der Waals surface area contributed by atoms with Crippen LogP contribution in [0.5, 0.6) is 0 Å². The van der Waals surface area contributed by atoms with Crippen molar-refractivity contribution in [3.8, 4) is 0 Å². The van der Waals surface area contributed by atoms with Crippen LogP contribution in [0, 0.1) is 20.8 Å². The molecule has 3 rings (SSSR count). The zero-order chi connectivity index (χ0) is 22.8. The van der Waals surface area contributed by atoms with Crippen LogP contribution in [0.3, 0.4) is 0 Å². The molecule has 3 aromatic rings. The Hall–Kier alpha value is -2.83. The second-order valence-corrected chi connectivity index (χ2v) is 9.89. The third kappa shape index (κ3) is 5.27. The van der Waals surface area contributed by atoms with Crippen LogP contribution in [0.2, 0.25) is 5.02 Å². The predicted octanol–water partition coefficient (Wildman–Crippen LogP) is 5.48. The van der Waals surface area contributed by atoms with Crippen molar-refractivity contribution in [2.75, 3.05) is 15.9 Å². The molecule has 0 aliphatic heterocycles. The minimum Gasteiger partial charge on any atom is -0.322 e. The first-order valence-corrected chi connectivity index (χ1v) is 12.0. The molecule has 0 saturated heterocycles. The highest BCUT2D eigenvalue weighted by atomic mass is 35.5. The summed E-state index contributed by atoms with van der Waals surface area (Å²) < 4.78 is 26.5. The van der Waals surface area contributed by atoms with E-state index in [4.69, 9.17) is 11.6 Å². The lowest BCUT2D eigenvalue weighted by Gasteiger charge is -2.26. The van der Waals surface area contributed by atoms with Gasteiger partial charge in [0.25, 0.3) is 5.91 Å². The SMILES string of the molecule is Cc1cccc(C)c1N(Cc1ccc(C(=O)Nc2cccc(Cl)c2C)cc1)S(C)(=O)=O. The van der Waals surface area contributed by atoms with Crippen molar-refractivity contribution in [2.24, 2.45) is 0 Å². The number of sulfonamides is 1. The Morgan fingerprint density at radius 2 is 1.52 bits per heavy atom. The number of aryl methyl sites for hydroxylation is 2. The number of benzene rings is 3. The van der Waals surface area contributed by atoms with Crippen LogP contribution in [0.25, 0.3) is 0 Å². The summed E-state index contributed by atoms with van der Waals surface area (Å²) in [6, 6.07) is 18.0. The highest BCUT2D eigenvalue weighted by Gasteiger charge is 2.21. The van der Waals surface area contributed by atoms with E-state index in [0.717, 1.165) is 22.3 Å². The van der Waals surface area contributed by atoms with Gasteiger partial charge in [0.2, 0.25) is 10.0 Å². The highest BCUT2D eigenvalue weighted by molar-refractivity contribution is 7.92. The standard InChI is InChI=1S/C24H25ClN2O3S/c1-16-7-5-8-17(2)23(16)27(31(4,29)30)15-19-11-13-20(14-12-19)24(28)26-22-10-6-9-21(25)18(22)3/h5-14H,15H2,1-4H3,(H,26,28). The smallest absolute Gasteiger partial charge is 0.255 e. The molecule has 0 aliphatic rings. The van der Waals surface area contributed by atoms with Gasteiger partial charge in [-0.2, -0.15) is 0 Å². The minimum atomic E-state index is -3.50. The van der Waals surface area contributed by atoms with Crippen LogP contribution in [0.15, 0.2) is 60.7 Å². The summed E-state index contributed by atoms with van der Waals surface area (Å²) in [5.74, 6) is -0.258. The fraction of sp³-hybridized carbons (Fsp3) is 0.208. The normalized spacial score (nSPS) is 11.3. The molecule has 1 amide bonds. The van der Waals surface area contributed by atoms with Gasteiger partial charge in [-0.3, -0.25) is 9.10 Å². The number of hydrogen-bond donors (Lipinski definition) is 1. The van der Waals surface area contributed by atoms with Crippen LogP contribution in [-0.4, -0.2) is 20.6 Å². The Labute approximate surface area is 188 Å². The van der Waals surface area contributed by atoms with E-state index in [1.165, 1.54) is 10.6 Å². The van der Waals surface area contributed by atoms with Crippen LogP contribution in [0.4, 0.5) is 11.4 Å². The van der Waals surface area contributed by atoms with Crippen LogP contribution < -0.4 is 9.62 Å². The number of halogens is 1. The maximum atomic E-state index is 12.6. The van der Waals surface area contributed by atoms with Gasteiger partial charge in [-0.05, 0) is 67.3 Å². The molecule has 0 atom stereocenters. The Balaban J connectivity index is 1.83. The van der Waals surface area contributed by atoms with Gasteiger partial charge < -0.3 is 5.32 Å². The topological polar surface area (TPSA) is 66.5 Å². The molecule has 5 nitrogen and oxygen atoms in total. The fourth-order valence-electron chi connectivity index (χ4n) is 3.43. The van der Waals surface area contributed by atoms with Crippen LogP contribution in [0.1, 0.15) is 32.6 Å². The van der Waals surface area contributed by atoms with Crippen molar-refractivity contribution in [3.63, 3.8) is 0 Å². The Morgan fingerprint density at radius 1 is 0.935 bits per heavy atom. The maximum Gasteiger partial charge on any atom is 0.255 e. The van der Waals surface area contributed by atoms with Gasteiger partial charge in [-0.1, -0.05) is 48.0 Å². The third-order valence-corrected chi connectivity index (χ3v) is 6.67. The molecule has 0 aromatic heterocycles. The zero-order valence-corrected chi connectivity index (χ0v) is 19.5. The molecular weight excluding hydrogens is 432 g/mol. The largest absolute Gasteiger partial charge is 0.322 e. The van der Waals surface area contributed by atoms with Gasteiger partial charge in [0, 0.05) is 16.3 Å². The number of carbonyl (C=O) groups excluding carboxylic acids is 1. The average Bonchev–Trinajstić information content (AvgIpc) is 2.70. The molecule has 0 saturated carbocycles. The molecule has 0 heterocycles. The number of carbonyl (C=O) groups is 1. The Bertz CT molecular complexity index is 1200. The quantitative estimate of drug-likeness (QED) is 0.533. The first kappa shape index (κ1) is 22.8. The van der Waals surface area contributed by atoms with Gasteiger partial charge in [-0.15, -0.1) is 0 Å². The van der Waals surface area contributed by atoms with Crippen molar-refractivity contribution in [2.45, 2.75) is 27.3 Å². The van der Waals surface area contributed by atoms with E-state index in [-0.39, 0.29) is 12.5 Å². The number of nitrogens with zero attached hydrogens (tertiary/aromatic N) is 1. The third-order valence-electron chi connectivity index (χ3n) is 5.15. The van der Waals surface area contributed by atoms with Crippen molar-refractivity contribution in [3.05, 3.63) is 93.5 Å². The molecule has 31 heavy (non-hydrogen) atoms. The molecule has 1 N–H and O–H groups in total. The van der Waals surface area contributed by atoms with Crippen molar-refractivity contribution in [1.82, 2.24) is 0 Å². The van der Waals surface area contributed by atoms with Gasteiger partial charge >= 0.3 is 0 Å². The number of nitrogens with one attached hydrogen (secondary N) is 1. The molecule has 0 fully saturated rings. The second-order valence-electron chi connectivity index (χ2n) is 7.57. The van der Waals surface area contributed by atoms with E-state index in [1.807, 2.05) is 39.0 Å². The second kappa shape index (κ2) is 9.12. The van der Waals surface area contributed by atoms with Crippen LogP contribution >= 0.6 is 11.6 Å². The van der Waals surface area contributed by atoms with E-state index in [1.54, 1.807) is 42.5 Å². The maximum absolute atomic E-state index is 12.6. The number of hydrogen-bond acceptors (Lipinski definition) is 3. The van der Waals surface area contributed by atoms with E-state index in [2.05, 4.69) is 5.32 Å². The predicted molar refractivity (Wildman–Crippen MR) is 128 cm³/mol. The summed E-state index contributed by atoms with van der Waals surface area (Å²) in [6.07, 6.45) is 1.20. The van der Waals surface area contributed by atoms with Crippen molar-refractivity contribution >= 4 is 38.9 Å². The van der Waals surface area contributed by atoms with E-state index in [0.29, 0.717) is 22.0 Å². The lowest BCUT2D eigenvalue weighted by atomic mass is 10.1. The van der Waals surface area contributed by atoms with Gasteiger partial charge in [0.15, 0.2) is 0 Å². The number of amides is 1. The van der Waals surface area contributed by atoms with Gasteiger partial charge in [0.1, 0.15) is 0 Å². The fourth-order valence-corrected chi connectivity index (χ4v) is 4.60. The molecule has 7 heteroatoms. The van der Waals surface area contributed by atoms with Crippen molar-refractivity contribution < 1.29 is 13.2 Å². The number of rotatable bonds is 6. The van der Waals surface area contributed by atoms with E-state index >= 15 is 0 Å². The molecule has 162 valence electrons. The van der Waals surface area contributed by atoms with E-state index < -0.39 is 10.0 Å². The summed E-state index contributed by atoms with van der Waals surface area (Å²) in [5.41, 5.74) is 5.16. The van der Waals surface area contributed by atoms with E-state index in [9.17, 15) is 13.2 Å². The summed E-state index contributed by atoms with van der Waals surface area (Å²) in [4.78, 5) is 12.6. The minimum absolute atomic E-state index is 0.180. The molecule has 3 aromatic carbocycles. The lowest BCUT2D eigenvalue weighted by molar-refractivity contribution is 0.102. The first-order chi connectivity index (χ1) is 14.6. The molecule has 0 aliphatic carbocycles. The molecule has 0 bridgehead atoms. The molecule has 0 spiro atoms. The first-order valence-electron chi connectivity index (χ1n) is 9.77. The van der Waals surface area contributed by atoms with Crippen molar-refractivity contribution in [1.29, 1.82) is 0 Å².